The Bertz CT molecular complexity index is 780. The Labute approximate surface area is 144 Å². The van der Waals surface area contributed by atoms with E-state index in [-0.39, 0.29) is 30.1 Å². The summed E-state index contributed by atoms with van der Waals surface area (Å²) in [5.41, 5.74) is 1.52. The zero-order chi connectivity index (χ0) is 17.1. The maximum atomic E-state index is 12.2. The maximum Gasteiger partial charge on any atom is 0.251 e. The molecule has 1 aromatic heterocycles. The SMILES string of the molecule is Cc1ccc(CNC(=O)c2ccc(C[C@@H]3CC(=O)NC3=O)cc2)s1. The van der Waals surface area contributed by atoms with Gasteiger partial charge in [0.05, 0.1) is 12.5 Å². The topological polar surface area (TPSA) is 75.3 Å². The highest BCUT2D eigenvalue weighted by Crippen LogP contribution is 2.18. The van der Waals surface area contributed by atoms with Crippen LogP contribution in [0.2, 0.25) is 0 Å². The van der Waals surface area contributed by atoms with E-state index in [2.05, 4.69) is 10.6 Å². The van der Waals surface area contributed by atoms with Crippen molar-refractivity contribution in [2.75, 3.05) is 0 Å². The van der Waals surface area contributed by atoms with Gasteiger partial charge in [0.15, 0.2) is 0 Å². The zero-order valence-corrected chi connectivity index (χ0v) is 14.1. The Morgan fingerprint density at radius 1 is 1.21 bits per heavy atom. The Morgan fingerprint density at radius 2 is 1.96 bits per heavy atom. The van der Waals surface area contributed by atoms with Gasteiger partial charge in [0.1, 0.15) is 0 Å². The molecule has 0 saturated carbocycles. The van der Waals surface area contributed by atoms with Gasteiger partial charge in [-0.2, -0.15) is 0 Å². The van der Waals surface area contributed by atoms with Crippen LogP contribution in [0.15, 0.2) is 36.4 Å². The fourth-order valence-corrected chi connectivity index (χ4v) is 3.53. The molecule has 2 heterocycles. The summed E-state index contributed by atoms with van der Waals surface area (Å²) in [6, 6.07) is 11.2. The second-order valence-corrected chi connectivity index (χ2v) is 7.28. The molecule has 1 atom stereocenters. The van der Waals surface area contributed by atoms with E-state index in [4.69, 9.17) is 0 Å². The number of carbonyl (C=O) groups excluding carboxylic acids is 3. The predicted octanol–water partition coefficient (Wildman–Crippen LogP) is 2.19. The number of aryl methyl sites for hydroxylation is 1. The quantitative estimate of drug-likeness (QED) is 0.818. The monoisotopic (exact) mass is 342 g/mol. The molecule has 0 unspecified atom stereocenters. The molecule has 1 fully saturated rings. The number of amides is 3. The van der Waals surface area contributed by atoms with Crippen LogP contribution in [0.1, 0.15) is 32.1 Å². The van der Waals surface area contributed by atoms with Crippen LogP contribution < -0.4 is 10.6 Å². The number of imide groups is 1. The highest BCUT2D eigenvalue weighted by molar-refractivity contribution is 7.11. The average molecular weight is 342 g/mol. The molecule has 6 heteroatoms. The molecule has 1 aliphatic rings. The normalized spacial score (nSPS) is 17.0. The van der Waals surface area contributed by atoms with Crippen LogP contribution >= 0.6 is 11.3 Å². The number of carbonyl (C=O) groups is 3. The first-order valence-corrected chi connectivity index (χ1v) is 8.59. The lowest BCUT2D eigenvalue weighted by Crippen LogP contribution is -2.23. The fourth-order valence-electron chi connectivity index (χ4n) is 2.70. The third-order valence-electron chi connectivity index (χ3n) is 3.98. The third kappa shape index (κ3) is 3.89. The summed E-state index contributed by atoms with van der Waals surface area (Å²) in [7, 11) is 0. The Balaban J connectivity index is 1.56. The van der Waals surface area contributed by atoms with Crippen molar-refractivity contribution >= 4 is 29.1 Å². The number of nitrogens with one attached hydrogen (secondary N) is 2. The first kappa shape index (κ1) is 16.4. The zero-order valence-electron chi connectivity index (χ0n) is 13.3. The van der Waals surface area contributed by atoms with E-state index >= 15 is 0 Å². The molecule has 1 aromatic carbocycles. The molecule has 0 aliphatic carbocycles. The lowest BCUT2D eigenvalue weighted by Gasteiger charge is -2.08. The summed E-state index contributed by atoms with van der Waals surface area (Å²) in [5, 5.41) is 5.21. The van der Waals surface area contributed by atoms with Crippen molar-refractivity contribution in [3.8, 4) is 0 Å². The molecule has 5 nitrogen and oxygen atoms in total. The minimum absolute atomic E-state index is 0.124. The summed E-state index contributed by atoms with van der Waals surface area (Å²) in [4.78, 5) is 37.3. The number of rotatable bonds is 5. The first-order chi connectivity index (χ1) is 11.5. The molecule has 1 aliphatic heterocycles. The van der Waals surface area contributed by atoms with Gasteiger partial charge in [-0.3, -0.25) is 19.7 Å². The van der Waals surface area contributed by atoms with Gasteiger partial charge in [-0.1, -0.05) is 12.1 Å². The van der Waals surface area contributed by atoms with Crippen molar-refractivity contribution in [1.82, 2.24) is 10.6 Å². The van der Waals surface area contributed by atoms with Gasteiger partial charge in [-0.15, -0.1) is 11.3 Å². The van der Waals surface area contributed by atoms with Crippen LogP contribution in [-0.2, 0) is 22.6 Å². The van der Waals surface area contributed by atoms with E-state index in [0.717, 1.165) is 10.4 Å². The van der Waals surface area contributed by atoms with Crippen LogP contribution in [0.25, 0.3) is 0 Å². The van der Waals surface area contributed by atoms with Gasteiger partial charge in [0.2, 0.25) is 11.8 Å². The van der Waals surface area contributed by atoms with Crippen molar-refractivity contribution in [3.63, 3.8) is 0 Å². The second-order valence-electron chi connectivity index (χ2n) is 5.91. The molecule has 0 spiro atoms. The maximum absolute atomic E-state index is 12.2. The van der Waals surface area contributed by atoms with Crippen LogP contribution in [0.3, 0.4) is 0 Å². The smallest absolute Gasteiger partial charge is 0.251 e. The third-order valence-corrected chi connectivity index (χ3v) is 4.98. The number of benzene rings is 1. The predicted molar refractivity (Wildman–Crippen MR) is 91.6 cm³/mol. The van der Waals surface area contributed by atoms with E-state index in [9.17, 15) is 14.4 Å². The summed E-state index contributed by atoms with van der Waals surface area (Å²) in [6.07, 6.45) is 0.745. The van der Waals surface area contributed by atoms with Crippen molar-refractivity contribution in [2.45, 2.75) is 26.3 Å². The van der Waals surface area contributed by atoms with Crippen LogP contribution in [0, 0.1) is 12.8 Å². The van der Waals surface area contributed by atoms with Crippen molar-refractivity contribution in [2.24, 2.45) is 5.92 Å². The van der Waals surface area contributed by atoms with Gasteiger partial charge in [-0.05, 0) is 43.2 Å². The lowest BCUT2D eigenvalue weighted by atomic mass is 9.97. The number of hydrogen-bond donors (Lipinski definition) is 2. The van der Waals surface area contributed by atoms with E-state index in [1.54, 1.807) is 23.5 Å². The molecule has 2 aromatic rings. The molecular weight excluding hydrogens is 324 g/mol. The fraction of sp³-hybridized carbons (Fsp3) is 0.278. The van der Waals surface area contributed by atoms with Crippen LogP contribution in [-0.4, -0.2) is 17.7 Å². The lowest BCUT2D eigenvalue weighted by molar-refractivity contribution is -0.125. The molecule has 1 saturated heterocycles. The highest BCUT2D eigenvalue weighted by atomic mass is 32.1. The molecule has 24 heavy (non-hydrogen) atoms. The Morgan fingerprint density at radius 3 is 2.54 bits per heavy atom. The minimum atomic E-state index is -0.306. The van der Waals surface area contributed by atoms with E-state index in [1.165, 1.54) is 4.88 Å². The summed E-state index contributed by atoms with van der Waals surface area (Å²) in [6.45, 7) is 2.55. The van der Waals surface area contributed by atoms with Crippen molar-refractivity contribution < 1.29 is 14.4 Å². The van der Waals surface area contributed by atoms with E-state index in [0.29, 0.717) is 18.5 Å². The van der Waals surface area contributed by atoms with Crippen LogP contribution in [0.4, 0.5) is 0 Å². The van der Waals surface area contributed by atoms with Crippen molar-refractivity contribution in [3.05, 3.63) is 57.3 Å². The molecule has 3 amide bonds. The molecule has 0 radical (unpaired) electrons. The van der Waals surface area contributed by atoms with Gasteiger partial charge >= 0.3 is 0 Å². The van der Waals surface area contributed by atoms with E-state index in [1.807, 2.05) is 31.2 Å². The average Bonchev–Trinajstić information content (AvgIpc) is 3.11. The van der Waals surface area contributed by atoms with Gasteiger partial charge in [0.25, 0.3) is 5.91 Å². The molecule has 0 bridgehead atoms. The van der Waals surface area contributed by atoms with Gasteiger partial charge in [-0.25, -0.2) is 0 Å². The Hall–Kier alpha value is -2.47. The molecule has 124 valence electrons. The summed E-state index contributed by atoms with van der Waals surface area (Å²) >= 11 is 1.67. The highest BCUT2D eigenvalue weighted by Gasteiger charge is 2.30. The minimum Gasteiger partial charge on any atom is -0.347 e. The first-order valence-electron chi connectivity index (χ1n) is 7.77. The summed E-state index contributed by atoms with van der Waals surface area (Å²) < 4.78 is 0. The summed E-state index contributed by atoms with van der Waals surface area (Å²) in [5.74, 6) is -0.862. The number of hydrogen-bond acceptors (Lipinski definition) is 4. The molecular formula is C18H18N2O3S. The largest absolute Gasteiger partial charge is 0.347 e. The second kappa shape index (κ2) is 6.97. The van der Waals surface area contributed by atoms with E-state index < -0.39 is 0 Å². The van der Waals surface area contributed by atoms with Gasteiger partial charge in [0, 0.05) is 21.7 Å². The van der Waals surface area contributed by atoms with Crippen LogP contribution in [0.5, 0.6) is 0 Å². The molecule has 3 rings (SSSR count). The van der Waals surface area contributed by atoms with Gasteiger partial charge < -0.3 is 5.32 Å². The molecule has 2 N–H and O–H groups in total. The standard InChI is InChI=1S/C18H18N2O3S/c1-11-2-7-15(24-11)10-19-17(22)13-5-3-12(4-6-13)8-14-9-16(21)20-18(14)23/h2-7,14H,8-10H2,1H3,(H,19,22)(H,20,21,23)/t14-/m1/s1. The number of thiophene rings is 1. The van der Waals surface area contributed by atoms with Crippen molar-refractivity contribution in [1.29, 1.82) is 0 Å². The Kier molecular flexibility index (Phi) is 4.76.